The Morgan fingerprint density at radius 1 is 1.47 bits per heavy atom. The van der Waals surface area contributed by atoms with Crippen molar-refractivity contribution < 1.29 is 4.39 Å². The molecule has 1 aromatic carbocycles. The van der Waals surface area contributed by atoms with E-state index in [1.165, 1.54) is 17.6 Å². The lowest BCUT2D eigenvalue weighted by Gasteiger charge is -2.00. The third-order valence-corrected chi connectivity index (χ3v) is 3.49. The predicted octanol–water partition coefficient (Wildman–Crippen LogP) is 3.53. The number of rotatable bonds is 2. The number of hydrogen-bond donors (Lipinski definition) is 0. The van der Waals surface area contributed by atoms with Crippen LogP contribution in [0.25, 0.3) is 0 Å². The molecule has 0 bridgehead atoms. The van der Waals surface area contributed by atoms with E-state index in [4.69, 9.17) is 11.6 Å². The van der Waals surface area contributed by atoms with Crippen LogP contribution in [0.4, 0.5) is 4.39 Å². The summed E-state index contributed by atoms with van der Waals surface area (Å²) in [6.45, 7) is 0. The minimum atomic E-state index is -0.385. The molecular weight excluding hydrogens is 350 g/mol. The molecule has 0 aliphatic heterocycles. The van der Waals surface area contributed by atoms with Gasteiger partial charge in [-0.15, -0.1) is 0 Å². The molecule has 0 amide bonds. The highest BCUT2D eigenvalue weighted by Crippen LogP contribution is 2.20. The fourth-order valence-corrected chi connectivity index (χ4v) is 2.36. The van der Waals surface area contributed by atoms with Gasteiger partial charge >= 0.3 is 0 Å². The maximum atomic E-state index is 13.5. The van der Waals surface area contributed by atoms with Crippen molar-refractivity contribution >= 4 is 45.7 Å². The van der Waals surface area contributed by atoms with Crippen LogP contribution in [0.2, 0.25) is 5.02 Å². The molecule has 0 aliphatic carbocycles. The number of aromatic nitrogens is 2. The summed E-state index contributed by atoms with van der Waals surface area (Å²) in [7, 11) is 0. The first-order valence-corrected chi connectivity index (χ1v) is 6.31. The number of benzene rings is 1. The Labute approximate surface area is 109 Å². The Balaban J connectivity index is 2.28. The van der Waals surface area contributed by atoms with Crippen LogP contribution in [-0.4, -0.2) is 9.36 Å². The number of halogens is 3. The fraction of sp³-hybridized carbons (Fsp3) is 0.111. The molecule has 0 radical (unpaired) electrons. The molecule has 15 heavy (non-hydrogen) atoms. The zero-order chi connectivity index (χ0) is 10.8. The quantitative estimate of drug-likeness (QED) is 0.771. The van der Waals surface area contributed by atoms with Crippen molar-refractivity contribution in [2.45, 2.75) is 6.42 Å². The van der Waals surface area contributed by atoms with Gasteiger partial charge in [0.2, 0.25) is 0 Å². The van der Waals surface area contributed by atoms with Crippen molar-refractivity contribution in [2.75, 3.05) is 0 Å². The summed E-state index contributed by atoms with van der Waals surface area (Å²) in [5.41, 5.74) is 0.525. The van der Waals surface area contributed by atoms with Crippen LogP contribution >= 0.6 is 45.7 Å². The van der Waals surface area contributed by atoms with Gasteiger partial charge in [0, 0.05) is 6.42 Å². The van der Waals surface area contributed by atoms with Crippen molar-refractivity contribution in [3.05, 3.63) is 43.4 Å². The summed E-state index contributed by atoms with van der Waals surface area (Å²) in [6, 6.07) is 4.94. The molecule has 0 aliphatic rings. The van der Waals surface area contributed by atoms with Crippen LogP contribution in [0.15, 0.2) is 18.2 Å². The van der Waals surface area contributed by atoms with Crippen LogP contribution < -0.4 is 0 Å². The highest BCUT2D eigenvalue weighted by molar-refractivity contribution is 14.1. The molecule has 0 saturated carbocycles. The Hall–Kier alpha value is -0.270. The first-order valence-electron chi connectivity index (χ1n) is 4.08. The lowest BCUT2D eigenvalue weighted by atomic mass is 10.1. The fourth-order valence-electron chi connectivity index (χ4n) is 1.16. The molecule has 0 atom stereocenters. The molecule has 2 nitrogen and oxygen atoms in total. The maximum absolute atomic E-state index is 13.5. The Bertz CT molecular complexity index is 489. The molecular formula is C9H5ClFIN2S. The average molecular weight is 355 g/mol. The maximum Gasteiger partial charge on any atom is 0.173 e. The third kappa shape index (κ3) is 2.64. The lowest BCUT2D eigenvalue weighted by Crippen LogP contribution is -1.95. The first kappa shape index (κ1) is 11.2. The molecule has 1 aromatic heterocycles. The Kier molecular flexibility index (Phi) is 3.53. The summed E-state index contributed by atoms with van der Waals surface area (Å²) in [5, 5.41) is 0.137. The van der Waals surface area contributed by atoms with Gasteiger partial charge in [0.1, 0.15) is 11.6 Å². The van der Waals surface area contributed by atoms with E-state index >= 15 is 0 Å². The molecule has 2 aromatic rings. The van der Waals surface area contributed by atoms with E-state index in [2.05, 4.69) is 31.9 Å². The summed E-state index contributed by atoms with van der Waals surface area (Å²) in [5.74, 6) is 0.245. The summed E-state index contributed by atoms with van der Waals surface area (Å²) < 4.78 is 18.5. The molecule has 6 heteroatoms. The lowest BCUT2D eigenvalue weighted by molar-refractivity contribution is 0.613. The van der Waals surface area contributed by atoms with Gasteiger partial charge in [-0.1, -0.05) is 23.7 Å². The van der Waals surface area contributed by atoms with Gasteiger partial charge in [-0.25, -0.2) is 9.37 Å². The topological polar surface area (TPSA) is 25.8 Å². The predicted molar refractivity (Wildman–Crippen MR) is 66.8 cm³/mol. The highest BCUT2D eigenvalue weighted by atomic mass is 127. The van der Waals surface area contributed by atoms with Gasteiger partial charge in [-0.3, -0.25) is 0 Å². The molecule has 0 unspecified atom stereocenters. The third-order valence-electron chi connectivity index (χ3n) is 1.82. The molecule has 0 fully saturated rings. The minimum absolute atomic E-state index is 0.137. The molecule has 2 rings (SSSR count). The number of hydrogen-bond acceptors (Lipinski definition) is 3. The zero-order valence-corrected chi connectivity index (χ0v) is 11.1. The van der Waals surface area contributed by atoms with Crippen LogP contribution in [0, 0.1) is 8.83 Å². The SMILES string of the molecule is Fc1c(Cl)cccc1Cc1nsc(I)n1. The normalized spacial score (nSPS) is 10.6. The summed E-state index contributed by atoms with van der Waals surface area (Å²) >= 11 is 9.06. The second kappa shape index (κ2) is 4.71. The minimum Gasteiger partial charge on any atom is -0.213 e. The largest absolute Gasteiger partial charge is 0.213 e. The monoisotopic (exact) mass is 354 g/mol. The van der Waals surface area contributed by atoms with Gasteiger partial charge in [0.15, 0.2) is 3.01 Å². The zero-order valence-electron chi connectivity index (χ0n) is 7.38. The van der Waals surface area contributed by atoms with Crippen LogP contribution in [0.1, 0.15) is 11.4 Å². The van der Waals surface area contributed by atoms with Crippen molar-refractivity contribution in [1.29, 1.82) is 0 Å². The van der Waals surface area contributed by atoms with E-state index in [1.807, 2.05) is 0 Å². The summed E-state index contributed by atoms with van der Waals surface area (Å²) in [6.07, 6.45) is 0.381. The van der Waals surface area contributed by atoms with E-state index < -0.39 is 0 Å². The molecule has 78 valence electrons. The first-order chi connectivity index (χ1) is 7.16. The van der Waals surface area contributed by atoms with Gasteiger partial charge in [0.05, 0.1) is 5.02 Å². The van der Waals surface area contributed by atoms with Crippen molar-refractivity contribution in [2.24, 2.45) is 0 Å². The number of nitrogens with zero attached hydrogens (tertiary/aromatic N) is 2. The van der Waals surface area contributed by atoms with Gasteiger partial charge in [-0.2, -0.15) is 4.37 Å². The van der Waals surface area contributed by atoms with Crippen LogP contribution in [0.3, 0.4) is 0 Å². The van der Waals surface area contributed by atoms with Crippen LogP contribution in [0.5, 0.6) is 0 Å². The van der Waals surface area contributed by atoms with E-state index in [9.17, 15) is 4.39 Å². The van der Waals surface area contributed by atoms with Crippen molar-refractivity contribution in [3.63, 3.8) is 0 Å². The second-order valence-corrected chi connectivity index (χ2v) is 5.77. The van der Waals surface area contributed by atoms with E-state index in [0.717, 1.165) is 3.01 Å². The van der Waals surface area contributed by atoms with Gasteiger partial charge in [-0.05, 0) is 45.8 Å². The smallest absolute Gasteiger partial charge is 0.173 e. The van der Waals surface area contributed by atoms with Crippen LogP contribution in [-0.2, 0) is 6.42 Å². The molecule has 0 N–H and O–H groups in total. The molecule has 0 saturated heterocycles. The van der Waals surface area contributed by atoms with Gasteiger partial charge in [0.25, 0.3) is 0 Å². The van der Waals surface area contributed by atoms with Gasteiger partial charge < -0.3 is 0 Å². The van der Waals surface area contributed by atoms with Crippen molar-refractivity contribution in [3.8, 4) is 0 Å². The van der Waals surface area contributed by atoms with E-state index in [-0.39, 0.29) is 10.8 Å². The Morgan fingerprint density at radius 3 is 2.93 bits per heavy atom. The average Bonchev–Trinajstić information content (AvgIpc) is 2.59. The molecule has 0 spiro atoms. The Morgan fingerprint density at radius 2 is 2.27 bits per heavy atom. The molecule has 1 heterocycles. The van der Waals surface area contributed by atoms with Crippen molar-refractivity contribution in [1.82, 2.24) is 9.36 Å². The second-order valence-electron chi connectivity index (χ2n) is 2.85. The highest BCUT2D eigenvalue weighted by Gasteiger charge is 2.09. The van der Waals surface area contributed by atoms with E-state index in [1.54, 1.807) is 12.1 Å². The summed E-state index contributed by atoms with van der Waals surface area (Å²) in [4.78, 5) is 4.16. The van der Waals surface area contributed by atoms with E-state index in [0.29, 0.717) is 17.8 Å². The standard InChI is InChI=1S/C9H5ClFIN2S/c10-6-3-1-2-5(8(6)11)4-7-13-9(12)15-14-7/h1-3H,4H2.